The Morgan fingerprint density at radius 3 is 2.42 bits per heavy atom. The molecule has 0 spiro atoms. The molecular formula is C15H31N3O. The zero-order valence-electron chi connectivity index (χ0n) is 13.0. The van der Waals surface area contributed by atoms with Crippen molar-refractivity contribution in [1.82, 2.24) is 10.2 Å². The van der Waals surface area contributed by atoms with Crippen LogP contribution in [0.25, 0.3) is 0 Å². The van der Waals surface area contributed by atoms with Crippen LogP contribution in [0.15, 0.2) is 0 Å². The summed E-state index contributed by atoms with van der Waals surface area (Å²) in [5.41, 5.74) is 4.98. The third-order valence-corrected chi connectivity index (χ3v) is 4.30. The van der Waals surface area contributed by atoms with Gasteiger partial charge in [0.15, 0.2) is 0 Å². The standard InChI is InChI=1S/C15H31N3O/c1-5-18(13-8-6-7-9-13)11-10-15(4,14(16)19)17-12(2)3/h12-13,17H,5-11H2,1-4H3,(H2,16,19). The highest BCUT2D eigenvalue weighted by molar-refractivity contribution is 5.84. The molecular weight excluding hydrogens is 238 g/mol. The van der Waals surface area contributed by atoms with E-state index in [1.54, 1.807) is 0 Å². The summed E-state index contributed by atoms with van der Waals surface area (Å²) in [7, 11) is 0. The van der Waals surface area contributed by atoms with E-state index in [9.17, 15) is 4.79 Å². The first-order valence-electron chi connectivity index (χ1n) is 7.70. The molecule has 4 nitrogen and oxygen atoms in total. The predicted octanol–water partition coefficient (Wildman–Crippen LogP) is 1.88. The maximum Gasteiger partial charge on any atom is 0.237 e. The maximum absolute atomic E-state index is 11.7. The lowest BCUT2D eigenvalue weighted by Crippen LogP contribution is -2.57. The van der Waals surface area contributed by atoms with Gasteiger partial charge in [-0.05, 0) is 46.6 Å². The van der Waals surface area contributed by atoms with Crippen molar-refractivity contribution in [2.45, 2.75) is 77.4 Å². The van der Waals surface area contributed by atoms with Crippen LogP contribution in [-0.4, -0.2) is 41.5 Å². The fourth-order valence-corrected chi connectivity index (χ4v) is 3.14. The molecule has 1 rings (SSSR count). The van der Waals surface area contributed by atoms with E-state index in [1.807, 2.05) is 6.92 Å². The zero-order valence-corrected chi connectivity index (χ0v) is 13.0. The molecule has 0 saturated heterocycles. The smallest absolute Gasteiger partial charge is 0.237 e. The van der Waals surface area contributed by atoms with Gasteiger partial charge in [0, 0.05) is 18.6 Å². The van der Waals surface area contributed by atoms with Gasteiger partial charge in [0.25, 0.3) is 0 Å². The molecule has 1 aliphatic rings. The molecule has 0 heterocycles. The number of carbonyl (C=O) groups is 1. The summed E-state index contributed by atoms with van der Waals surface area (Å²) in [6.45, 7) is 10.2. The molecule has 1 unspecified atom stereocenters. The maximum atomic E-state index is 11.7. The lowest BCUT2D eigenvalue weighted by Gasteiger charge is -2.34. The summed E-state index contributed by atoms with van der Waals surface area (Å²) in [6.07, 6.45) is 6.08. The van der Waals surface area contributed by atoms with Gasteiger partial charge >= 0.3 is 0 Å². The second kappa shape index (κ2) is 7.25. The summed E-state index contributed by atoms with van der Waals surface area (Å²) in [6, 6.07) is 0.972. The summed E-state index contributed by atoms with van der Waals surface area (Å²) in [5.74, 6) is -0.247. The minimum atomic E-state index is -0.597. The number of nitrogens with one attached hydrogen (secondary N) is 1. The molecule has 1 saturated carbocycles. The quantitative estimate of drug-likeness (QED) is 0.707. The third kappa shape index (κ3) is 4.77. The fraction of sp³-hybridized carbons (Fsp3) is 0.933. The molecule has 0 aliphatic heterocycles. The van der Waals surface area contributed by atoms with Crippen LogP contribution in [0, 0.1) is 0 Å². The Morgan fingerprint density at radius 1 is 1.42 bits per heavy atom. The van der Waals surface area contributed by atoms with E-state index in [1.165, 1.54) is 25.7 Å². The van der Waals surface area contributed by atoms with Crippen molar-refractivity contribution in [3.63, 3.8) is 0 Å². The van der Waals surface area contributed by atoms with Crippen LogP contribution in [0.5, 0.6) is 0 Å². The van der Waals surface area contributed by atoms with Crippen LogP contribution >= 0.6 is 0 Å². The molecule has 0 aromatic heterocycles. The summed E-state index contributed by atoms with van der Waals surface area (Å²) >= 11 is 0. The van der Waals surface area contributed by atoms with Gasteiger partial charge < -0.3 is 16.0 Å². The van der Waals surface area contributed by atoms with Crippen molar-refractivity contribution in [3.05, 3.63) is 0 Å². The largest absolute Gasteiger partial charge is 0.368 e. The predicted molar refractivity (Wildman–Crippen MR) is 80.0 cm³/mol. The fourth-order valence-electron chi connectivity index (χ4n) is 3.14. The number of primary amides is 1. The minimum absolute atomic E-state index is 0.247. The molecule has 112 valence electrons. The first kappa shape index (κ1) is 16.4. The van der Waals surface area contributed by atoms with E-state index in [2.05, 4.69) is 31.0 Å². The highest BCUT2D eigenvalue weighted by Crippen LogP contribution is 2.24. The number of hydrogen-bond donors (Lipinski definition) is 2. The average molecular weight is 269 g/mol. The van der Waals surface area contributed by atoms with Crippen molar-refractivity contribution in [1.29, 1.82) is 0 Å². The van der Waals surface area contributed by atoms with Gasteiger partial charge in [0.1, 0.15) is 0 Å². The average Bonchev–Trinajstić information content (AvgIpc) is 2.82. The Bertz CT molecular complexity index is 287. The molecule has 1 amide bonds. The minimum Gasteiger partial charge on any atom is -0.368 e. The normalized spacial score (nSPS) is 20.1. The van der Waals surface area contributed by atoms with Crippen LogP contribution in [0.2, 0.25) is 0 Å². The van der Waals surface area contributed by atoms with Crippen molar-refractivity contribution >= 4 is 5.91 Å². The van der Waals surface area contributed by atoms with Crippen LogP contribution in [-0.2, 0) is 4.79 Å². The highest BCUT2D eigenvalue weighted by Gasteiger charge is 2.32. The molecule has 0 bridgehead atoms. The molecule has 3 N–H and O–H groups in total. The van der Waals surface area contributed by atoms with E-state index in [-0.39, 0.29) is 11.9 Å². The monoisotopic (exact) mass is 269 g/mol. The van der Waals surface area contributed by atoms with Gasteiger partial charge in [0.2, 0.25) is 5.91 Å². The van der Waals surface area contributed by atoms with Crippen molar-refractivity contribution < 1.29 is 4.79 Å². The topological polar surface area (TPSA) is 58.4 Å². The molecule has 1 atom stereocenters. The number of hydrogen-bond acceptors (Lipinski definition) is 3. The Kier molecular flexibility index (Phi) is 6.27. The molecule has 1 fully saturated rings. The second-order valence-corrected chi connectivity index (χ2v) is 6.31. The van der Waals surface area contributed by atoms with Crippen LogP contribution < -0.4 is 11.1 Å². The van der Waals surface area contributed by atoms with Crippen molar-refractivity contribution in [2.24, 2.45) is 5.73 Å². The van der Waals surface area contributed by atoms with E-state index in [0.29, 0.717) is 6.04 Å². The number of amides is 1. The Morgan fingerprint density at radius 2 is 2.00 bits per heavy atom. The highest BCUT2D eigenvalue weighted by atomic mass is 16.1. The number of carbonyl (C=O) groups excluding carboxylic acids is 1. The molecule has 0 radical (unpaired) electrons. The summed E-state index contributed by atoms with van der Waals surface area (Å²) in [4.78, 5) is 14.2. The SMILES string of the molecule is CCN(CCC(C)(NC(C)C)C(N)=O)C1CCCC1. The molecule has 1 aliphatic carbocycles. The van der Waals surface area contributed by atoms with Gasteiger partial charge in [-0.25, -0.2) is 0 Å². The third-order valence-electron chi connectivity index (χ3n) is 4.30. The Labute approximate surface area is 118 Å². The van der Waals surface area contributed by atoms with Crippen LogP contribution in [0.1, 0.15) is 59.8 Å². The van der Waals surface area contributed by atoms with E-state index in [4.69, 9.17) is 5.73 Å². The van der Waals surface area contributed by atoms with Crippen LogP contribution in [0.4, 0.5) is 0 Å². The molecule has 0 aromatic carbocycles. The molecule has 19 heavy (non-hydrogen) atoms. The first-order valence-corrected chi connectivity index (χ1v) is 7.70. The first-order chi connectivity index (χ1) is 8.89. The van der Waals surface area contributed by atoms with Crippen molar-refractivity contribution in [2.75, 3.05) is 13.1 Å². The lowest BCUT2D eigenvalue weighted by atomic mass is 9.95. The van der Waals surface area contributed by atoms with E-state index < -0.39 is 5.54 Å². The molecule has 4 heteroatoms. The van der Waals surface area contributed by atoms with Crippen molar-refractivity contribution in [3.8, 4) is 0 Å². The van der Waals surface area contributed by atoms with Gasteiger partial charge in [0.05, 0.1) is 5.54 Å². The van der Waals surface area contributed by atoms with Gasteiger partial charge in [-0.15, -0.1) is 0 Å². The number of nitrogens with two attached hydrogens (primary N) is 1. The van der Waals surface area contributed by atoms with E-state index >= 15 is 0 Å². The second-order valence-electron chi connectivity index (χ2n) is 6.31. The Hall–Kier alpha value is -0.610. The van der Waals surface area contributed by atoms with Crippen LogP contribution in [0.3, 0.4) is 0 Å². The summed E-state index contributed by atoms with van der Waals surface area (Å²) < 4.78 is 0. The van der Waals surface area contributed by atoms with Gasteiger partial charge in [-0.1, -0.05) is 19.8 Å². The van der Waals surface area contributed by atoms with Gasteiger partial charge in [-0.3, -0.25) is 4.79 Å². The number of nitrogens with zero attached hydrogens (tertiary/aromatic N) is 1. The zero-order chi connectivity index (χ0) is 14.5. The van der Waals surface area contributed by atoms with E-state index in [0.717, 1.165) is 19.5 Å². The summed E-state index contributed by atoms with van der Waals surface area (Å²) in [5, 5.41) is 3.32. The number of rotatable bonds is 8. The van der Waals surface area contributed by atoms with Gasteiger partial charge in [-0.2, -0.15) is 0 Å². The molecule has 0 aromatic rings. The Balaban J connectivity index is 2.56. The lowest BCUT2D eigenvalue weighted by molar-refractivity contribution is -0.124.